The molecule has 0 aliphatic rings. The Labute approximate surface area is 160 Å². The van der Waals surface area contributed by atoms with E-state index >= 15 is 0 Å². The quantitative estimate of drug-likeness (QED) is 0.614. The van der Waals surface area contributed by atoms with Gasteiger partial charge in [-0.15, -0.1) is 0 Å². The first-order chi connectivity index (χ1) is 12.7. The molecule has 1 N–H and O–H groups in total. The van der Waals surface area contributed by atoms with Crippen LogP contribution in [0.1, 0.15) is 11.1 Å². The molecule has 0 bridgehead atoms. The molecule has 0 amide bonds. The number of methoxy groups -OCH3 is 1. The number of aryl methyl sites for hydroxylation is 1. The van der Waals surface area contributed by atoms with Crippen LogP contribution in [0.3, 0.4) is 0 Å². The van der Waals surface area contributed by atoms with Gasteiger partial charge in [0.2, 0.25) is 0 Å². The number of hydrogen-bond acceptors (Lipinski definition) is 2. The molecule has 0 saturated heterocycles. The summed E-state index contributed by atoms with van der Waals surface area (Å²) in [6.45, 7) is 2.73. The Kier molecular flexibility index (Phi) is 5.87. The van der Waals surface area contributed by atoms with E-state index in [9.17, 15) is 0 Å². The van der Waals surface area contributed by atoms with Crippen LogP contribution in [0.2, 0.25) is 0 Å². The van der Waals surface area contributed by atoms with Crippen molar-refractivity contribution in [2.75, 3.05) is 17.3 Å². The van der Waals surface area contributed by atoms with E-state index in [1.54, 1.807) is 7.11 Å². The highest BCUT2D eigenvalue weighted by atomic mass is 32.1. The third-order valence-corrected chi connectivity index (χ3v) is 4.42. The van der Waals surface area contributed by atoms with Gasteiger partial charge in [-0.1, -0.05) is 54.6 Å². The summed E-state index contributed by atoms with van der Waals surface area (Å²) >= 11 is 5.75. The van der Waals surface area contributed by atoms with E-state index in [1.165, 1.54) is 5.56 Å². The van der Waals surface area contributed by atoms with Gasteiger partial charge in [0.1, 0.15) is 5.75 Å². The number of thiocarbonyl (C=S) groups is 1. The van der Waals surface area contributed by atoms with Gasteiger partial charge in [-0.2, -0.15) is 0 Å². The van der Waals surface area contributed by atoms with Gasteiger partial charge in [0.15, 0.2) is 5.11 Å². The van der Waals surface area contributed by atoms with Gasteiger partial charge >= 0.3 is 0 Å². The molecular weight excluding hydrogens is 340 g/mol. The number of hydrogen-bond donors (Lipinski definition) is 1. The van der Waals surface area contributed by atoms with Crippen molar-refractivity contribution in [3.05, 3.63) is 90.0 Å². The fourth-order valence-electron chi connectivity index (χ4n) is 2.76. The highest BCUT2D eigenvalue weighted by molar-refractivity contribution is 7.80. The number of nitrogens with one attached hydrogen (secondary N) is 1. The summed E-state index contributed by atoms with van der Waals surface area (Å²) in [6.07, 6.45) is 0. The number of nitrogens with zero attached hydrogens (tertiary/aromatic N) is 1. The SMILES string of the molecule is COc1ccc(C)cc1NC(=S)N(Cc1ccccc1)c1ccccc1. The lowest BCUT2D eigenvalue weighted by atomic mass is 10.2. The second kappa shape index (κ2) is 8.50. The molecule has 0 atom stereocenters. The smallest absolute Gasteiger partial charge is 0.178 e. The molecule has 0 radical (unpaired) electrons. The van der Waals surface area contributed by atoms with Crippen molar-refractivity contribution in [3.8, 4) is 5.75 Å². The number of para-hydroxylation sites is 1. The van der Waals surface area contributed by atoms with Gasteiger partial charge in [-0.25, -0.2) is 0 Å². The van der Waals surface area contributed by atoms with Crippen LogP contribution in [0, 0.1) is 6.92 Å². The minimum absolute atomic E-state index is 0.629. The zero-order valence-electron chi connectivity index (χ0n) is 15.0. The molecule has 3 nitrogen and oxygen atoms in total. The first-order valence-electron chi connectivity index (χ1n) is 8.49. The lowest BCUT2D eigenvalue weighted by Crippen LogP contribution is -2.34. The highest BCUT2D eigenvalue weighted by Gasteiger charge is 2.15. The predicted molar refractivity (Wildman–Crippen MR) is 113 cm³/mol. The summed E-state index contributed by atoms with van der Waals surface area (Å²) in [7, 11) is 1.66. The van der Waals surface area contributed by atoms with Crippen molar-refractivity contribution in [3.63, 3.8) is 0 Å². The van der Waals surface area contributed by atoms with Crippen molar-refractivity contribution < 1.29 is 4.74 Å². The van der Waals surface area contributed by atoms with Crippen molar-refractivity contribution >= 4 is 28.7 Å². The second-order valence-corrected chi connectivity index (χ2v) is 6.43. The standard InChI is InChI=1S/C22H22N2OS/c1-17-13-14-21(25-2)20(15-17)23-22(26)24(19-11-7-4-8-12-19)16-18-9-5-3-6-10-18/h3-15H,16H2,1-2H3,(H,23,26). The van der Waals surface area contributed by atoms with Crippen LogP contribution in [0.15, 0.2) is 78.9 Å². The maximum absolute atomic E-state index is 5.75. The maximum Gasteiger partial charge on any atom is 0.178 e. The van der Waals surface area contributed by atoms with Crippen LogP contribution in [0.5, 0.6) is 5.75 Å². The Morgan fingerprint density at radius 1 is 0.962 bits per heavy atom. The van der Waals surface area contributed by atoms with Crippen LogP contribution in [-0.2, 0) is 6.54 Å². The number of ether oxygens (including phenoxy) is 1. The van der Waals surface area contributed by atoms with Gasteiger partial charge in [0.05, 0.1) is 19.3 Å². The van der Waals surface area contributed by atoms with Crippen LogP contribution >= 0.6 is 12.2 Å². The van der Waals surface area contributed by atoms with Gasteiger partial charge in [-0.3, -0.25) is 0 Å². The summed E-state index contributed by atoms with van der Waals surface area (Å²) in [5.41, 5.74) is 4.24. The van der Waals surface area contributed by atoms with E-state index < -0.39 is 0 Å². The van der Waals surface area contributed by atoms with Crippen LogP contribution in [0.25, 0.3) is 0 Å². The zero-order valence-corrected chi connectivity index (χ0v) is 15.8. The van der Waals surface area contributed by atoms with Crippen LogP contribution < -0.4 is 15.0 Å². The minimum atomic E-state index is 0.629. The van der Waals surface area contributed by atoms with Crippen LogP contribution in [0.4, 0.5) is 11.4 Å². The van der Waals surface area contributed by atoms with Gasteiger partial charge in [0.25, 0.3) is 0 Å². The molecule has 0 aromatic heterocycles. The van der Waals surface area contributed by atoms with Gasteiger partial charge < -0.3 is 15.0 Å². The lowest BCUT2D eigenvalue weighted by molar-refractivity contribution is 0.417. The molecule has 26 heavy (non-hydrogen) atoms. The molecule has 0 unspecified atom stereocenters. The fourth-order valence-corrected chi connectivity index (χ4v) is 3.04. The van der Waals surface area contributed by atoms with E-state index in [4.69, 9.17) is 17.0 Å². The van der Waals surface area contributed by atoms with E-state index in [0.29, 0.717) is 11.7 Å². The predicted octanol–water partition coefficient (Wildman–Crippen LogP) is 5.41. The molecule has 0 aliphatic carbocycles. The second-order valence-electron chi connectivity index (χ2n) is 6.04. The Morgan fingerprint density at radius 2 is 1.62 bits per heavy atom. The van der Waals surface area contributed by atoms with E-state index in [-0.39, 0.29) is 0 Å². The largest absolute Gasteiger partial charge is 0.495 e. The number of benzene rings is 3. The number of rotatable bonds is 5. The average molecular weight is 362 g/mol. The molecule has 3 aromatic rings. The molecule has 132 valence electrons. The number of anilines is 2. The molecule has 3 rings (SSSR count). The van der Waals surface area contributed by atoms with Crippen molar-refractivity contribution in [1.82, 2.24) is 0 Å². The van der Waals surface area contributed by atoms with E-state index in [0.717, 1.165) is 22.7 Å². The Balaban J connectivity index is 1.89. The molecule has 0 fully saturated rings. The summed E-state index contributed by atoms with van der Waals surface area (Å²) in [4.78, 5) is 2.09. The summed E-state index contributed by atoms with van der Waals surface area (Å²) in [6, 6.07) is 26.5. The summed E-state index contributed by atoms with van der Waals surface area (Å²) in [5, 5.41) is 3.98. The van der Waals surface area contributed by atoms with Gasteiger partial charge in [-0.05, 0) is 54.5 Å². The van der Waals surface area contributed by atoms with Crippen molar-refractivity contribution in [2.45, 2.75) is 13.5 Å². The summed E-state index contributed by atoms with van der Waals surface area (Å²) in [5.74, 6) is 0.769. The first kappa shape index (κ1) is 18.0. The van der Waals surface area contributed by atoms with Crippen molar-refractivity contribution in [2.24, 2.45) is 0 Å². The lowest BCUT2D eigenvalue weighted by Gasteiger charge is -2.27. The first-order valence-corrected chi connectivity index (χ1v) is 8.90. The molecule has 3 aromatic carbocycles. The zero-order chi connectivity index (χ0) is 18.4. The molecule has 0 heterocycles. The van der Waals surface area contributed by atoms with Crippen LogP contribution in [-0.4, -0.2) is 12.2 Å². The molecular formula is C22H22N2OS. The Morgan fingerprint density at radius 3 is 2.27 bits per heavy atom. The molecule has 4 heteroatoms. The molecule has 0 aliphatic heterocycles. The highest BCUT2D eigenvalue weighted by Crippen LogP contribution is 2.27. The minimum Gasteiger partial charge on any atom is -0.495 e. The topological polar surface area (TPSA) is 24.5 Å². The average Bonchev–Trinajstić information content (AvgIpc) is 2.68. The van der Waals surface area contributed by atoms with E-state index in [2.05, 4.69) is 34.5 Å². The molecule has 0 spiro atoms. The van der Waals surface area contributed by atoms with Crippen molar-refractivity contribution in [1.29, 1.82) is 0 Å². The van der Waals surface area contributed by atoms with E-state index in [1.807, 2.05) is 61.5 Å². The summed E-state index contributed by atoms with van der Waals surface area (Å²) < 4.78 is 5.46. The Hall–Kier alpha value is -2.85. The van der Waals surface area contributed by atoms with Gasteiger partial charge in [0, 0.05) is 5.69 Å². The fraction of sp³-hybridized carbons (Fsp3) is 0.136. The third-order valence-electron chi connectivity index (χ3n) is 4.09. The normalized spacial score (nSPS) is 10.2. The maximum atomic E-state index is 5.75. The third kappa shape index (κ3) is 4.41. The Bertz CT molecular complexity index is 866. The molecule has 0 saturated carbocycles. The monoisotopic (exact) mass is 362 g/mol.